The molecule has 0 saturated carbocycles. The third-order valence-corrected chi connectivity index (χ3v) is 3.08. The van der Waals surface area contributed by atoms with Crippen molar-refractivity contribution in [3.8, 4) is 11.5 Å². The average molecular weight is 253 g/mol. The van der Waals surface area contributed by atoms with Crippen molar-refractivity contribution in [1.82, 2.24) is 10.2 Å². The molecule has 96 valence electrons. The van der Waals surface area contributed by atoms with Gasteiger partial charge in [-0.05, 0) is 29.8 Å². The van der Waals surface area contributed by atoms with Gasteiger partial charge in [-0.2, -0.15) is 0 Å². The summed E-state index contributed by atoms with van der Waals surface area (Å²) in [6.07, 6.45) is 1.59. The molecule has 0 spiro atoms. The number of hydrogen-bond acceptors (Lipinski definition) is 4. The van der Waals surface area contributed by atoms with E-state index in [1.165, 1.54) is 5.39 Å². The molecule has 0 aliphatic heterocycles. The van der Waals surface area contributed by atoms with Crippen molar-refractivity contribution in [2.75, 3.05) is 6.54 Å². The number of nitrogens with two attached hydrogens (primary N) is 1. The molecule has 0 saturated heterocycles. The first-order chi connectivity index (χ1) is 9.38. The van der Waals surface area contributed by atoms with E-state index in [0.29, 0.717) is 18.3 Å². The second-order valence-corrected chi connectivity index (χ2v) is 4.42. The van der Waals surface area contributed by atoms with Gasteiger partial charge in [0.05, 0.1) is 0 Å². The van der Waals surface area contributed by atoms with Crippen LogP contribution in [0.15, 0.2) is 46.9 Å². The molecule has 0 bridgehead atoms. The van der Waals surface area contributed by atoms with Gasteiger partial charge in [-0.15, -0.1) is 10.2 Å². The average Bonchev–Trinajstić information content (AvgIpc) is 2.93. The Labute approximate surface area is 111 Å². The molecule has 1 aromatic heterocycles. The number of fused-ring (bicyclic) bond motifs is 1. The minimum Gasteiger partial charge on any atom is -0.421 e. The molecule has 0 radical (unpaired) electrons. The van der Waals surface area contributed by atoms with Crippen molar-refractivity contribution >= 4 is 10.8 Å². The maximum absolute atomic E-state index is 5.70. The van der Waals surface area contributed by atoms with E-state index >= 15 is 0 Å². The van der Waals surface area contributed by atoms with Crippen molar-refractivity contribution in [3.63, 3.8) is 0 Å². The first kappa shape index (κ1) is 11.9. The zero-order valence-corrected chi connectivity index (χ0v) is 10.5. The Morgan fingerprint density at radius 1 is 1.00 bits per heavy atom. The summed E-state index contributed by atoms with van der Waals surface area (Å²) in [7, 11) is 0. The second kappa shape index (κ2) is 5.20. The summed E-state index contributed by atoms with van der Waals surface area (Å²) in [5, 5.41) is 10.5. The van der Waals surface area contributed by atoms with Gasteiger partial charge < -0.3 is 10.2 Å². The number of nitrogens with zero attached hydrogens (tertiary/aromatic N) is 2. The molecule has 2 aromatic carbocycles. The van der Waals surface area contributed by atoms with E-state index in [0.717, 1.165) is 23.8 Å². The fraction of sp³-hybridized carbons (Fsp3) is 0.200. The topological polar surface area (TPSA) is 64.9 Å². The summed E-state index contributed by atoms with van der Waals surface area (Å²) in [6, 6.07) is 14.2. The Hall–Kier alpha value is -2.20. The molecule has 3 aromatic rings. The highest BCUT2D eigenvalue weighted by Crippen LogP contribution is 2.27. The van der Waals surface area contributed by atoms with E-state index in [4.69, 9.17) is 10.2 Å². The zero-order chi connectivity index (χ0) is 13.1. The molecule has 0 amide bonds. The van der Waals surface area contributed by atoms with Gasteiger partial charge in [-0.3, -0.25) is 0 Å². The largest absolute Gasteiger partial charge is 0.421 e. The van der Waals surface area contributed by atoms with Gasteiger partial charge >= 0.3 is 0 Å². The van der Waals surface area contributed by atoms with E-state index in [2.05, 4.69) is 28.4 Å². The van der Waals surface area contributed by atoms with Crippen LogP contribution in [0.1, 0.15) is 12.3 Å². The molecule has 4 nitrogen and oxygen atoms in total. The summed E-state index contributed by atoms with van der Waals surface area (Å²) in [4.78, 5) is 0. The molecule has 0 fully saturated rings. The van der Waals surface area contributed by atoms with Crippen LogP contribution < -0.4 is 5.73 Å². The van der Waals surface area contributed by atoms with Gasteiger partial charge in [-0.1, -0.05) is 36.4 Å². The molecule has 0 atom stereocenters. The third kappa shape index (κ3) is 2.35. The van der Waals surface area contributed by atoms with Gasteiger partial charge in [-0.25, -0.2) is 0 Å². The van der Waals surface area contributed by atoms with Gasteiger partial charge in [0.1, 0.15) is 0 Å². The highest BCUT2D eigenvalue weighted by Gasteiger charge is 2.10. The van der Waals surface area contributed by atoms with Crippen LogP contribution in [0.3, 0.4) is 0 Å². The molecule has 0 unspecified atom stereocenters. The summed E-state index contributed by atoms with van der Waals surface area (Å²) in [5.41, 5.74) is 6.46. The predicted octanol–water partition coefficient (Wildman–Crippen LogP) is 2.78. The number of aryl methyl sites for hydroxylation is 1. The van der Waals surface area contributed by atoms with Crippen LogP contribution in [0.2, 0.25) is 0 Å². The number of rotatable bonds is 4. The lowest BCUT2D eigenvalue weighted by atomic mass is 10.0. The van der Waals surface area contributed by atoms with E-state index in [1.807, 2.05) is 24.3 Å². The Kier molecular flexibility index (Phi) is 3.25. The lowest BCUT2D eigenvalue weighted by molar-refractivity contribution is 0.499. The Morgan fingerprint density at radius 2 is 1.84 bits per heavy atom. The number of benzene rings is 2. The van der Waals surface area contributed by atoms with Crippen LogP contribution in [0.25, 0.3) is 22.2 Å². The number of aromatic nitrogens is 2. The van der Waals surface area contributed by atoms with Gasteiger partial charge in [0.25, 0.3) is 0 Å². The lowest BCUT2D eigenvalue weighted by Gasteiger charge is -2.01. The first-order valence-electron chi connectivity index (χ1n) is 6.39. The maximum atomic E-state index is 5.70. The summed E-state index contributed by atoms with van der Waals surface area (Å²) >= 11 is 0. The van der Waals surface area contributed by atoms with Crippen LogP contribution in [0, 0.1) is 0 Å². The molecular weight excluding hydrogens is 238 g/mol. The van der Waals surface area contributed by atoms with Gasteiger partial charge in [0.2, 0.25) is 11.8 Å². The fourth-order valence-electron chi connectivity index (χ4n) is 2.13. The zero-order valence-electron chi connectivity index (χ0n) is 10.5. The molecule has 0 aliphatic carbocycles. The molecular formula is C15H15N3O. The van der Waals surface area contributed by atoms with Crippen molar-refractivity contribution in [1.29, 1.82) is 0 Å². The monoisotopic (exact) mass is 253 g/mol. The smallest absolute Gasteiger partial charge is 0.248 e. The molecule has 1 heterocycles. The highest BCUT2D eigenvalue weighted by atomic mass is 16.4. The quantitative estimate of drug-likeness (QED) is 0.776. The molecule has 2 N–H and O–H groups in total. The lowest BCUT2D eigenvalue weighted by Crippen LogP contribution is -2.00. The van der Waals surface area contributed by atoms with Crippen LogP contribution >= 0.6 is 0 Å². The summed E-state index contributed by atoms with van der Waals surface area (Å²) < 4.78 is 5.70. The van der Waals surface area contributed by atoms with Crippen LogP contribution in [-0.4, -0.2) is 16.7 Å². The molecule has 19 heavy (non-hydrogen) atoms. The van der Waals surface area contributed by atoms with Gasteiger partial charge in [0.15, 0.2) is 0 Å². The Bertz CT molecular complexity index is 685. The maximum Gasteiger partial charge on any atom is 0.248 e. The Balaban J connectivity index is 2.02. The standard InChI is InChI=1S/C15H15N3O/c16-10-4-9-14-17-18-15(19-14)13-8-3-6-11-5-1-2-7-12(11)13/h1-3,5-8H,4,9-10,16H2. The predicted molar refractivity (Wildman–Crippen MR) is 74.6 cm³/mol. The minimum absolute atomic E-state index is 0.573. The van der Waals surface area contributed by atoms with Crippen LogP contribution in [0.5, 0.6) is 0 Å². The van der Waals surface area contributed by atoms with E-state index < -0.39 is 0 Å². The SMILES string of the molecule is NCCCc1nnc(-c2cccc3ccccc23)o1. The summed E-state index contributed by atoms with van der Waals surface area (Å²) in [6.45, 7) is 0.631. The highest BCUT2D eigenvalue weighted by molar-refractivity contribution is 5.94. The van der Waals surface area contributed by atoms with Crippen molar-refractivity contribution in [3.05, 3.63) is 48.4 Å². The van der Waals surface area contributed by atoms with E-state index in [9.17, 15) is 0 Å². The third-order valence-electron chi connectivity index (χ3n) is 3.08. The van der Waals surface area contributed by atoms with Crippen molar-refractivity contribution in [2.24, 2.45) is 5.73 Å². The normalized spacial score (nSPS) is 11.0. The second-order valence-electron chi connectivity index (χ2n) is 4.42. The van der Waals surface area contributed by atoms with E-state index in [-0.39, 0.29) is 0 Å². The van der Waals surface area contributed by atoms with Gasteiger partial charge in [0, 0.05) is 12.0 Å². The molecule has 3 rings (SSSR count). The van der Waals surface area contributed by atoms with Crippen LogP contribution in [-0.2, 0) is 6.42 Å². The number of hydrogen-bond donors (Lipinski definition) is 1. The van der Waals surface area contributed by atoms with Crippen molar-refractivity contribution in [2.45, 2.75) is 12.8 Å². The first-order valence-corrected chi connectivity index (χ1v) is 6.39. The Morgan fingerprint density at radius 3 is 2.74 bits per heavy atom. The minimum atomic E-state index is 0.573. The molecule has 0 aliphatic rings. The van der Waals surface area contributed by atoms with Crippen LogP contribution in [0.4, 0.5) is 0 Å². The summed E-state index contributed by atoms with van der Waals surface area (Å²) in [5.74, 6) is 1.22. The van der Waals surface area contributed by atoms with Crippen molar-refractivity contribution < 1.29 is 4.42 Å². The molecule has 4 heteroatoms. The fourth-order valence-corrected chi connectivity index (χ4v) is 2.13. The van der Waals surface area contributed by atoms with E-state index in [1.54, 1.807) is 0 Å².